The molecule has 0 spiro atoms. The molecule has 4 rings (SSSR count). The summed E-state index contributed by atoms with van der Waals surface area (Å²) in [4.78, 5) is 14.9. The predicted octanol–water partition coefficient (Wildman–Crippen LogP) is 3.12. The Kier molecular flexibility index (Phi) is 6.81. The number of hydrogen-bond donors (Lipinski definition) is 1. The van der Waals surface area contributed by atoms with Crippen LogP contribution in [0.5, 0.6) is 0 Å². The van der Waals surface area contributed by atoms with E-state index in [0.29, 0.717) is 12.3 Å². The lowest BCUT2D eigenvalue weighted by Crippen LogP contribution is -2.38. The Morgan fingerprint density at radius 1 is 1.03 bits per heavy atom. The summed E-state index contributed by atoms with van der Waals surface area (Å²) < 4.78 is 2.06. The Bertz CT molecular complexity index is 960. The molecule has 1 aliphatic heterocycles. The fraction of sp³-hybridized carbons (Fsp3) is 0.348. The first-order chi connectivity index (χ1) is 14.7. The maximum absolute atomic E-state index is 12.5. The normalized spacial score (nSPS) is 16.6. The molecule has 156 valence electrons. The zero-order valence-electron chi connectivity index (χ0n) is 17.2. The van der Waals surface area contributed by atoms with Gasteiger partial charge < -0.3 is 9.88 Å². The molecular formula is C23H27N5OS. The highest BCUT2D eigenvalue weighted by molar-refractivity contribution is 7.99. The van der Waals surface area contributed by atoms with E-state index in [1.807, 2.05) is 31.2 Å². The van der Waals surface area contributed by atoms with Gasteiger partial charge >= 0.3 is 0 Å². The topological polar surface area (TPSA) is 63.1 Å². The van der Waals surface area contributed by atoms with Crippen molar-refractivity contribution in [3.8, 4) is 0 Å². The van der Waals surface area contributed by atoms with Crippen molar-refractivity contribution in [1.29, 1.82) is 0 Å². The van der Waals surface area contributed by atoms with Gasteiger partial charge in [0.25, 0.3) is 0 Å². The number of carbonyl (C=O) groups excluding carboxylic acids is 1. The Morgan fingerprint density at radius 2 is 1.70 bits per heavy atom. The quantitative estimate of drug-likeness (QED) is 0.566. The molecule has 2 heterocycles. The van der Waals surface area contributed by atoms with E-state index in [9.17, 15) is 4.79 Å². The van der Waals surface area contributed by atoms with Crippen LogP contribution in [0.3, 0.4) is 0 Å². The minimum atomic E-state index is 0.0541. The van der Waals surface area contributed by atoms with Gasteiger partial charge in [-0.2, -0.15) is 0 Å². The smallest absolute Gasteiger partial charge is 0.230 e. The highest BCUT2D eigenvalue weighted by atomic mass is 32.2. The third-order valence-electron chi connectivity index (χ3n) is 5.30. The molecule has 6 nitrogen and oxygen atoms in total. The molecule has 1 aliphatic rings. The Hall–Kier alpha value is -2.64. The summed E-state index contributed by atoms with van der Waals surface area (Å²) >= 11 is 1.45. The van der Waals surface area contributed by atoms with E-state index in [1.54, 1.807) is 0 Å². The zero-order valence-corrected chi connectivity index (χ0v) is 18.0. The van der Waals surface area contributed by atoms with Gasteiger partial charge in [-0.05, 0) is 24.5 Å². The fourth-order valence-electron chi connectivity index (χ4n) is 3.75. The molecule has 1 amide bonds. The number of thioether (sulfide) groups is 1. The maximum atomic E-state index is 12.5. The first-order valence-electron chi connectivity index (χ1n) is 10.3. The predicted molar refractivity (Wildman–Crippen MR) is 119 cm³/mol. The number of carbonyl (C=O) groups is 1. The van der Waals surface area contributed by atoms with Crippen molar-refractivity contribution in [2.24, 2.45) is 0 Å². The van der Waals surface area contributed by atoms with E-state index in [1.165, 1.54) is 22.9 Å². The second-order valence-electron chi connectivity index (χ2n) is 7.66. The van der Waals surface area contributed by atoms with Crippen LogP contribution in [0, 0.1) is 6.92 Å². The highest BCUT2D eigenvalue weighted by Gasteiger charge is 2.24. The summed E-state index contributed by atoms with van der Waals surface area (Å²) in [5.41, 5.74) is 2.50. The molecule has 1 atom stereocenters. The van der Waals surface area contributed by atoms with Gasteiger partial charge in [-0.25, -0.2) is 0 Å². The molecule has 1 unspecified atom stereocenters. The van der Waals surface area contributed by atoms with Crippen LogP contribution >= 0.6 is 11.8 Å². The largest absolute Gasteiger partial charge is 0.351 e. The van der Waals surface area contributed by atoms with Crippen molar-refractivity contribution in [1.82, 2.24) is 25.0 Å². The number of likely N-dealkylation sites (tertiary alicyclic amines) is 1. The van der Waals surface area contributed by atoms with E-state index in [-0.39, 0.29) is 11.9 Å². The van der Waals surface area contributed by atoms with Crippen molar-refractivity contribution in [2.75, 3.05) is 18.8 Å². The standard InChI is InChI=1S/C23H27N5OS/c1-18-25-26-23(28(18)15-20-10-6-3-7-11-20)30-17-22(29)24-21-12-13-27(16-21)14-19-8-4-2-5-9-19/h2-11,21H,12-17H2,1H3,(H,24,29). The van der Waals surface area contributed by atoms with Gasteiger partial charge in [0.15, 0.2) is 5.16 Å². The Labute approximate surface area is 181 Å². The summed E-state index contributed by atoms with van der Waals surface area (Å²) in [6, 6.07) is 20.9. The Balaban J connectivity index is 1.26. The summed E-state index contributed by atoms with van der Waals surface area (Å²) in [6.45, 7) is 5.50. The lowest BCUT2D eigenvalue weighted by atomic mass is 10.2. The molecular weight excluding hydrogens is 394 g/mol. The second kappa shape index (κ2) is 9.91. The molecule has 0 bridgehead atoms. The molecule has 1 fully saturated rings. The molecule has 3 aromatic rings. The SMILES string of the molecule is Cc1nnc(SCC(=O)NC2CCN(Cc3ccccc3)C2)n1Cc1ccccc1. The van der Waals surface area contributed by atoms with Crippen molar-refractivity contribution in [3.63, 3.8) is 0 Å². The van der Waals surface area contributed by atoms with E-state index in [0.717, 1.165) is 37.0 Å². The summed E-state index contributed by atoms with van der Waals surface area (Å²) in [6.07, 6.45) is 0.993. The van der Waals surface area contributed by atoms with Crippen LogP contribution < -0.4 is 5.32 Å². The third-order valence-corrected chi connectivity index (χ3v) is 6.27. The van der Waals surface area contributed by atoms with Gasteiger partial charge in [0.05, 0.1) is 12.3 Å². The number of hydrogen-bond acceptors (Lipinski definition) is 5. The van der Waals surface area contributed by atoms with Crippen LogP contribution in [-0.2, 0) is 17.9 Å². The molecule has 0 saturated carbocycles. The first-order valence-corrected chi connectivity index (χ1v) is 11.3. The van der Waals surface area contributed by atoms with Gasteiger partial charge in [0, 0.05) is 25.7 Å². The van der Waals surface area contributed by atoms with E-state index in [2.05, 4.69) is 61.4 Å². The molecule has 1 saturated heterocycles. The van der Waals surface area contributed by atoms with Gasteiger partial charge in [-0.1, -0.05) is 72.4 Å². The minimum Gasteiger partial charge on any atom is -0.351 e. The number of benzene rings is 2. The number of amides is 1. The molecule has 1 N–H and O–H groups in total. The van der Waals surface area contributed by atoms with Crippen LogP contribution in [0.2, 0.25) is 0 Å². The minimum absolute atomic E-state index is 0.0541. The van der Waals surface area contributed by atoms with E-state index < -0.39 is 0 Å². The van der Waals surface area contributed by atoms with Crippen molar-refractivity contribution in [3.05, 3.63) is 77.6 Å². The number of rotatable bonds is 8. The van der Waals surface area contributed by atoms with Crippen molar-refractivity contribution < 1.29 is 4.79 Å². The maximum Gasteiger partial charge on any atom is 0.230 e. The van der Waals surface area contributed by atoms with Crippen LogP contribution in [0.25, 0.3) is 0 Å². The van der Waals surface area contributed by atoms with Crippen LogP contribution in [0.15, 0.2) is 65.8 Å². The number of nitrogens with zero attached hydrogens (tertiary/aromatic N) is 4. The number of aryl methyl sites for hydroxylation is 1. The van der Waals surface area contributed by atoms with Crippen molar-refractivity contribution in [2.45, 2.75) is 37.6 Å². The van der Waals surface area contributed by atoms with Gasteiger partial charge in [0.1, 0.15) is 5.82 Å². The third kappa shape index (κ3) is 5.49. The van der Waals surface area contributed by atoms with Gasteiger partial charge in [0.2, 0.25) is 5.91 Å². The summed E-state index contributed by atoms with van der Waals surface area (Å²) in [7, 11) is 0. The van der Waals surface area contributed by atoms with Crippen LogP contribution in [0.4, 0.5) is 0 Å². The lowest BCUT2D eigenvalue weighted by molar-refractivity contribution is -0.119. The molecule has 30 heavy (non-hydrogen) atoms. The molecule has 0 radical (unpaired) electrons. The number of nitrogens with one attached hydrogen (secondary N) is 1. The highest BCUT2D eigenvalue weighted by Crippen LogP contribution is 2.19. The summed E-state index contributed by atoms with van der Waals surface area (Å²) in [5.74, 6) is 1.26. The molecule has 0 aliphatic carbocycles. The molecule has 1 aromatic heterocycles. The monoisotopic (exact) mass is 421 g/mol. The van der Waals surface area contributed by atoms with E-state index in [4.69, 9.17) is 0 Å². The number of aromatic nitrogens is 3. The fourth-order valence-corrected chi connectivity index (χ4v) is 4.55. The average molecular weight is 422 g/mol. The Morgan fingerprint density at radius 3 is 2.40 bits per heavy atom. The molecule has 2 aromatic carbocycles. The van der Waals surface area contributed by atoms with Gasteiger partial charge in [-0.3, -0.25) is 9.69 Å². The van der Waals surface area contributed by atoms with E-state index >= 15 is 0 Å². The summed E-state index contributed by atoms with van der Waals surface area (Å²) in [5, 5.41) is 12.4. The van der Waals surface area contributed by atoms with Crippen molar-refractivity contribution >= 4 is 17.7 Å². The molecule has 7 heteroatoms. The van der Waals surface area contributed by atoms with Gasteiger partial charge in [-0.15, -0.1) is 10.2 Å². The second-order valence-corrected chi connectivity index (χ2v) is 8.61. The lowest BCUT2D eigenvalue weighted by Gasteiger charge is -2.16. The first kappa shape index (κ1) is 20.6. The zero-order chi connectivity index (χ0) is 20.8. The van der Waals surface area contributed by atoms with Crippen LogP contribution in [-0.4, -0.2) is 50.5 Å². The van der Waals surface area contributed by atoms with Crippen LogP contribution in [0.1, 0.15) is 23.4 Å². The average Bonchev–Trinajstić information content (AvgIpc) is 3.34.